The molecule has 1 aliphatic heterocycles. The molecule has 1 aliphatic rings. The Bertz CT molecular complexity index is 722. The Kier molecular flexibility index (Phi) is 3.34. The van der Waals surface area contributed by atoms with E-state index in [1.165, 1.54) is 0 Å². The zero-order valence-corrected chi connectivity index (χ0v) is 11.3. The predicted molar refractivity (Wildman–Crippen MR) is 73.0 cm³/mol. The van der Waals surface area contributed by atoms with E-state index in [4.69, 9.17) is 16.0 Å². The van der Waals surface area contributed by atoms with Crippen LogP contribution in [0.15, 0.2) is 11.4 Å². The molecular formula is C11H14N8O2. The molecule has 110 valence electrons. The van der Waals surface area contributed by atoms with Crippen LogP contribution in [0.1, 0.15) is 18.3 Å². The molecular weight excluding hydrogens is 276 g/mol. The lowest BCUT2D eigenvalue weighted by atomic mass is 10.1. The van der Waals surface area contributed by atoms with Crippen molar-refractivity contribution in [1.29, 1.82) is 0 Å². The minimum atomic E-state index is -0.538. The van der Waals surface area contributed by atoms with E-state index in [0.717, 1.165) is 0 Å². The van der Waals surface area contributed by atoms with Gasteiger partial charge in [-0.15, -0.1) is 0 Å². The maximum absolute atomic E-state index is 9.30. The van der Waals surface area contributed by atoms with Gasteiger partial charge in [-0.2, -0.15) is 4.98 Å². The van der Waals surface area contributed by atoms with Crippen molar-refractivity contribution < 1.29 is 9.84 Å². The van der Waals surface area contributed by atoms with Crippen LogP contribution in [0.25, 0.3) is 21.6 Å². The van der Waals surface area contributed by atoms with Gasteiger partial charge in [-0.05, 0) is 12.5 Å². The largest absolute Gasteiger partial charge is 0.394 e. The molecule has 1 fully saturated rings. The van der Waals surface area contributed by atoms with E-state index in [9.17, 15) is 5.11 Å². The van der Waals surface area contributed by atoms with Crippen molar-refractivity contribution in [3.05, 3.63) is 22.5 Å². The minimum Gasteiger partial charge on any atom is -0.394 e. The summed E-state index contributed by atoms with van der Waals surface area (Å²) in [5, 5.41) is 13.0. The SMILES string of the molecule is Cc1nc(N)nc2c1ncn2[C@H]1C[C@H](N=[N+]=[N-])[C@@H](CO)O1. The fraction of sp³-hybridized carbons (Fsp3) is 0.545. The Morgan fingerprint density at radius 2 is 2.43 bits per heavy atom. The fourth-order valence-corrected chi connectivity index (χ4v) is 2.53. The van der Waals surface area contributed by atoms with Crippen molar-refractivity contribution in [1.82, 2.24) is 19.5 Å². The topological polar surface area (TPSA) is 148 Å². The highest BCUT2D eigenvalue weighted by atomic mass is 16.5. The van der Waals surface area contributed by atoms with Crippen molar-refractivity contribution in [3.8, 4) is 0 Å². The van der Waals surface area contributed by atoms with Gasteiger partial charge in [0.2, 0.25) is 5.95 Å². The van der Waals surface area contributed by atoms with Gasteiger partial charge >= 0.3 is 0 Å². The summed E-state index contributed by atoms with van der Waals surface area (Å²) in [7, 11) is 0. The van der Waals surface area contributed by atoms with Gasteiger partial charge in [0.25, 0.3) is 0 Å². The predicted octanol–water partition coefficient (Wildman–Crippen LogP) is 0.676. The van der Waals surface area contributed by atoms with Crippen LogP contribution >= 0.6 is 0 Å². The molecule has 1 saturated heterocycles. The van der Waals surface area contributed by atoms with Gasteiger partial charge in [0.05, 0.1) is 30.8 Å². The van der Waals surface area contributed by atoms with Gasteiger partial charge in [-0.25, -0.2) is 9.97 Å². The normalized spacial score (nSPS) is 25.1. The van der Waals surface area contributed by atoms with E-state index in [2.05, 4.69) is 25.0 Å². The first-order chi connectivity index (χ1) is 10.1. The van der Waals surface area contributed by atoms with Gasteiger partial charge in [-0.3, -0.25) is 4.57 Å². The van der Waals surface area contributed by atoms with E-state index >= 15 is 0 Å². The number of ether oxygens (including phenoxy) is 1. The molecule has 10 heteroatoms. The van der Waals surface area contributed by atoms with Gasteiger partial charge in [0.15, 0.2) is 5.65 Å². The van der Waals surface area contributed by atoms with E-state index < -0.39 is 18.4 Å². The number of aliphatic hydroxyl groups excluding tert-OH is 1. The molecule has 3 N–H and O–H groups in total. The fourth-order valence-electron chi connectivity index (χ4n) is 2.53. The molecule has 2 aromatic rings. The quantitative estimate of drug-likeness (QED) is 0.482. The first-order valence-electron chi connectivity index (χ1n) is 6.41. The number of azide groups is 1. The highest BCUT2D eigenvalue weighted by Crippen LogP contribution is 2.32. The third-order valence-electron chi connectivity index (χ3n) is 3.51. The summed E-state index contributed by atoms with van der Waals surface area (Å²) >= 11 is 0. The molecule has 0 aromatic carbocycles. The van der Waals surface area contributed by atoms with Gasteiger partial charge < -0.3 is 15.6 Å². The number of nitrogen functional groups attached to an aromatic ring is 1. The Morgan fingerprint density at radius 3 is 3.14 bits per heavy atom. The third-order valence-corrected chi connectivity index (χ3v) is 3.51. The van der Waals surface area contributed by atoms with Crippen LogP contribution in [0, 0.1) is 6.92 Å². The molecule has 0 saturated carbocycles. The van der Waals surface area contributed by atoms with E-state index in [0.29, 0.717) is 23.3 Å². The van der Waals surface area contributed by atoms with Crippen molar-refractivity contribution in [2.45, 2.75) is 31.7 Å². The summed E-state index contributed by atoms with van der Waals surface area (Å²) < 4.78 is 7.43. The molecule has 3 atom stereocenters. The Balaban J connectivity index is 2.00. The third kappa shape index (κ3) is 2.25. The summed E-state index contributed by atoms with van der Waals surface area (Å²) in [6, 6.07) is -0.428. The number of fused-ring (bicyclic) bond motifs is 1. The number of nitrogens with two attached hydrogens (primary N) is 1. The lowest BCUT2D eigenvalue weighted by Crippen LogP contribution is -2.22. The van der Waals surface area contributed by atoms with Crippen LogP contribution in [0.2, 0.25) is 0 Å². The van der Waals surface area contributed by atoms with Crippen LogP contribution < -0.4 is 5.73 Å². The number of rotatable bonds is 3. The number of hydrogen-bond donors (Lipinski definition) is 2. The second-order valence-electron chi connectivity index (χ2n) is 4.81. The molecule has 10 nitrogen and oxygen atoms in total. The number of imidazole rings is 1. The summed E-state index contributed by atoms with van der Waals surface area (Å²) in [5.74, 6) is 0.157. The summed E-state index contributed by atoms with van der Waals surface area (Å²) in [4.78, 5) is 15.3. The van der Waals surface area contributed by atoms with Gasteiger partial charge in [-0.1, -0.05) is 5.11 Å². The molecule has 2 aromatic heterocycles. The molecule has 0 bridgehead atoms. The molecule has 0 spiro atoms. The molecule has 0 aliphatic carbocycles. The van der Waals surface area contributed by atoms with Crippen molar-refractivity contribution >= 4 is 17.1 Å². The van der Waals surface area contributed by atoms with Gasteiger partial charge in [0.1, 0.15) is 11.7 Å². The molecule has 0 amide bonds. The van der Waals surface area contributed by atoms with E-state index in [1.54, 1.807) is 17.8 Å². The Morgan fingerprint density at radius 1 is 1.62 bits per heavy atom. The summed E-state index contributed by atoms with van der Waals surface area (Å²) in [5.41, 5.74) is 16.1. The first-order valence-corrected chi connectivity index (χ1v) is 6.41. The average Bonchev–Trinajstić information content (AvgIpc) is 3.02. The van der Waals surface area contributed by atoms with Crippen LogP contribution in [0.3, 0.4) is 0 Å². The van der Waals surface area contributed by atoms with Crippen LogP contribution in [0.5, 0.6) is 0 Å². The summed E-state index contributed by atoms with van der Waals surface area (Å²) in [6.45, 7) is 1.58. The number of nitrogens with zero attached hydrogens (tertiary/aromatic N) is 7. The second-order valence-corrected chi connectivity index (χ2v) is 4.81. The van der Waals surface area contributed by atoms with E-state index in [1.807, 2.05) is 0 Å². The standard InChI is InChI=1S/C11H14N8O2/c1-5-9-10(16-11(12)15-5)19(4-14-9)8-2-6(17-18-13)7(3-20)21-8/h4,6-8,20H,2-3H2,1H3,(H2,12,15,16)/t6-,7+,8+/m0/s1. The second kappa shape index (κ2) is 5.17. The zero-order chi connectivity index (χ0) is 15.0. The van der Waals surface area contributed by atoms with Crippen LogP contribution in [-0.4, -0.2) is 43.4 Å². The molecule has 0 radical (unpaired) electrons. The van der Waals surface area contributed by atoms with E-state index in [-0.39, 0.29) is 12.6 Å². The number of hydrogen-bond acceptors (Lipinski definition) is 7. The summed E-state index contributed by atoms with van der Waals surface area (Å²) in [6.07, 6.45) is 1.06. The van der Waals surface area contributed by atoms with Crippen LogP contribution in [-0.2, 0) is 4.74 Å². The smallest absolute Gasteiger partial charge is 0.222 e. The van der Waals surface area contributed by atoms with Crippen molar-refractivity contribution in [2.24, 2.45) is 5.11 Å². The Hall–Kier alpha value is -2.42. The monoisotopic (exact) mass is 290 g/mol. The number of anilines is 1. The lowest BCUT2D eigenvalue weighted by molar-refractivity contribution is -0.0232. The number of aliphatic hydroxyl groups is 1. The Labute approximate surface area is 119 Å². The maximum Gasteiger partial charge on any atom is 0.222 e. The zero-order valence-electron chi connectivity index (χ0n) is 11.3. The first kappa shape index (κ1) is 13.6. The molecule has 3 heterocycles. The molecule has 0 unspecified atom stereocenters. The maximum atomic E-state index is 9.30. The average molecular weight is 290 g/mol. The van der Waals surface area contributed by atoms with Crippen LogP contribution in [0.4, 0.5) is 5.95 Å². The van der Waals surface area contributed by atoms with Crippen molar-refractivity contribution in [2.75, 3.05) is 12.3 Å². The highest BCUT2D eigenvalue weighted by molar-refractivity contribution is 5.74. The number of aromatic nitrogens is 4. The lowest BCUT2D eigenvalue weighted by Gasteiger charge is -2.14. The number of aryl methyl sites for hydroxylation is 1. The minimum absolute atomic E-state index is 0.157. The highest BCUT2D eigenvalue weighted by Gasteiger charge is 2.36. The molecule has 3 rings (SSSR count). The van der Waals surface area contributed by atoms with Gasteiger partial charge in [0, 0.05) is 11.3 Å². The van der Waals surface area contributed by atoms with Crippen molar-refractivity contribution in [3.63, 3.8) is 0 Å². The molecule has 21 heavy (non-hydrogen) atoms.